The number of amides is 2. The summed E-state index contributed by atoms with van der Waals surface area (Å²) in [5.74, 6) is 0.971. The maximum Gasteiger partial charge on any atom is 0.255 e. The molecule has 2 aliphatic rings. The van der Waals surface area contributed by atoms with Gasteiger partial charge in [0.15, 0.2) is 11.5 Å². The predicted octanol–water partition coefficient (Wildman–Crippen LogP) is 5.43. The van der Waals surface area contributed by atoms with Crippen LogP contribution in [0.25, 0.3) is 22.2 Å². The number of rotatable bonds is 6. The summed E-state index contributed by atoms with van der Waals surface area (Å²) >= 11 is 0. The van der Waals surface area contributed by atoms with Gasteiger partial charge in [0.25, 0.3) is 5.91 Å². The third kappa shape index (κ3) is 3.99. The smallest absolute Gasteiger partial charge is 0.255 e. The number of para-hydroxylation sites is 1. The molecule has 3 heterocycles. The van der Waals surface area contributed by atoms with Gasteiger partial charge in [-0.15, -0.1) is 0 Å². The van der Waals surface area contributed by atoms with E-state index in [9.17, 15) is 9.59 Å². The topological polar surface area (TPSA) is 83.7 Å². The summed E-state index contributed by atoms with van der Waals surface area (Å²) in [5, 5.41) is 4.00. The van der Waals surface area contributed by atoms with Crippen LogP contribution >= 0.6 is 0 Å². The van der Waals surface area contributed by atoms with Gasteiger partial charge >= 0.3 is 0 Å². The minimum atomic E-state index is -0.420. The second-order valence-corrected chi connectivity index (χ2v) is 9.71. The van der Waals surface area contributed by atoms with Gasteiger partial charge in [-0.2, -0.15) is 0 Å². The summed E-state index contributed by atoms with van der Waals surface area (Å²) in [5.41, 5.74) is 6.34. The zero-order valence-electron chi connectivity index (χ0n) is 21.0. The molecule has 1 atom stereocenters. The molecule has 5 aromatic rings. The number of benzene rings is 4. The number of fused-ring (bicyclic) bond motifs is 3. The zero-order chi connectivity index (χ0) is 26.3. The molecule has 0 saturated carbocycles. The van der Waals surface area contributed by atoms with Crippen molar-refractivity contribution in [2.24, 2.45) is 0 Å². The van der Waals surface area contributed by atoms with Crippen LogP contribution in [0.3, 0.4) is 0 Å². The molecular formula is C32H25N3O4. The number of nitrogens with one attached hydrogen (secondary N) is 2. The van der Waals surface area contributed by atoms with Crippen molar-refractivity contribution in [3.05, 3.63) is 119 Å². The highest BCUT2D eigenvalue weighted by Gasteiger charge is 2.41. The fourth-order valence-electron chi connectivity index (χ4n) is 5.59. The molecule has 0 spiro atoms. The molecule has 2 amide bonds. The Morgan fingerprint density at radius 2 is 1.67 bits per heavy atom. The van der Waals surface area contributed by atoms with Crippen molar-refractivity contribution >= 4 is 22.7 Å². The molecule has 7 heteroatoms. The number of aromatic amines is 1. The van der Waals surface area contributed by atoms with E-state index in [2.05, 4.69) is 28.5 Å². The SMILES string of the molecule is O=C(CN1C(=O)c2ccccc2C1c1c(-c2ccccc2)[nH]c2ccccc12)NCc1ccc2c(c1)OCO2. The number of carbonyl (C=O) groups excluding carboxylic acids is 2. The van der Waals surface area contributed by atoms with Gasteiger partial charge in [0.05, 0.1) is 11.7 Å². The summed E-state index contributed by atoms with van der Waals surface area (Å²) < 4.78 is 10.8. The lowest BCUT2D eigenvalue weighted by molar-refractivity contribution is -0.122. The molecule has 0 radical (unpaired) electrons. The lowest BCUT2D eigenvalue weighted by atomic mass is 9.93. The zero-order valence-corrected chi connectivity index (χ0v) is 21.0. The first-order chi connectivity index (χ1) is 19.2. The van der Waals surface area contributed by atoms with E-state index in [-0.39, 0.29) is 25.2 Å². The molecule has 192 valence electrons. The first kappa shape index (κ1) is 23.1. The second-order valence-electron chi connectivity index (χ2n) is 9.71. The van der Waals surface area contributed by atoms with Crippen LogP contribution in [-0.4, -0.2) is 35.0 Å². The molecule has 2 aliphatic heterocycles. The second kappa shape index (κ2) is 9.36. The Labute approximate surface area is 225 Å². The van der Waals surface area contributed by atoms with Crippen molar-refractivity contribution in [2.45, 2.75) is 12.6 Å². The third-order valence-corrected chi connectivity index (χ3v) is 7.38. The fourth-order valence-corrected chi connectivity index (χ4v) is 5.59. The highest BCUT2D eigenvalue weighted by molar-refractivity contribution is 6.03. The maximum absolute atomic E-state index is 13.7. The van der Waals surface area contributed by atoms with Gasteiger partial charge in [-0.1, -0.05) is 72.8 Å². The number of hydrogen-bond acceptors (Lipinski definition) is 4. The third-order valence-electron chi connectivity index (χ3n) is 7.38. The molecular weight excluding hydrogens is 490 g/mol. The number of hydrogen-bond donors (Lipinski definition) is 2. The lowest BCUT2D eigenvalue weighted by Gasteiger charge is -2.26. The molecule has 7 nitrogen and oxygen atoms in total. The van der Waals surface area contributed by atoms with Crippen LogP contribution in [0.5, 0.6) is 11.5 Å². The maximum atomic E-state index is 13.7. The minimum Gasteiger partial charge on any atom is -0.454 e. The van der Waals surface area contributed by atoms with Crippen LogP contribution in [0.2, 0.25) is 0 Å². The summed E-state index contributed by atoms with van der Waals surface area (Å²) in [6.07, 6.45) is 0. The molecule has 4 aromatic carbocycles. The first-order valence-corrected chi connectivity index (χ1v) is 12.9. The van der Waals surface area contributed by atoms with Gasteiger partial charge in [0, 0.05) is 28.6 Å². The quantitative estimate of drug-likeness (QED) is 0.316. The largest absolute Gasteiger partial charge is 0.454 e. The van der Waals surface area contributed by atoms with E-state index < -0.39 is 6.04 Å². The van der Waals surface area contributed by atoms with Gasteiger partial charge in [0.1, 0.15) is 6.54 Å². The summed E-state index contributed by atoms with van der Waals surface area (Å²) in [6, 6.07) is 31.0. The normalized spacial score (nSPS) is 15.5. The van der Waals surface area contributed by atoms with Crippen LogP contribution in [0, 0.1) is 0 Å². The van der Waals surface area contributed by atoms with Crippen molar-refractivity contribution in [1.29, 1.82) is 0 Å². The Morgan fingerprint density at radius 3 is 2.56 bits per heavy atom. The Kier molecular flexibility index (Phi) is 5.55. The molecule has 0 aliphatic carbocycles. The number of H-pyrrole nitrogens is 1. The van der Waals surface area contributed by atoms with Crippen molar-refractivity contribution in [3.63, 3.8) is 0 Å². The van der Waals surface area contributed by atoms with Crippen molar-refractivity contribution in [2.75, 3.05) is 13.3 Å². The van der Waals surface area contributed by atoms with E-state index >= 15 is 0 Å². The Hall–Kier alpha value is -5.04. The number of ether oxygens (including phenoxy) is 2. The monoisotopic (exact) mass is 515 g/mol. The van der Waals surface area contributed by atoms with Crippen molar-refractivity contribution in [1.82, 2.24) is 15.2 Å². The van der Waals surface area contributed by atoms with Crippen molar-refractivity contribution < 1.29 is 19.1 Å². The standard InChI is InChI=1S/C32H25N3O4/c36-28(33-17-20-14-15-26-27(16-20)39-19-38-26)18-35-31(22-10-4-5-11-23(22)32(35)37)29-24-12-6-7-13-25(24)34-30(29)21-8-2-1-3-9-21/h1-16,31,34H,17-19H2,(H,33,36). The van der Waals surface area contributed by atoms with Gasteiger partial charge < -0.3 is 24.7 Å². The molecule has 2 N–H and O–H groups in total. The van der Waals surface area contributed by atoms with E-state index in [1.807, 2.05) is 78.9 Å². The molecule has 1 unspecified atom stereocenters. The summed E-state index contributed by atoms with van der Waals surface area (Å²) in [4.78, 5) is 32.3. The minimum absolute atomic E-state index is 0.0729. The Balaban J connectivity index is 1.25. The first-order valence-electron chi connectivity index (χ1n) is 12.9. The highest BCUT2D eigenvalue weighted by Crippen LogP contribution is 2.45. The molecule has 0 bridgehead atoms. The Morgan fingerprint density at radius 1 is 0.897 bits per heavy atom. The number of nitrogens with zero attached hydrogens (tertiary/aromatic N) is 1. The molecule has 0 fully saturated rings. The highest BCUT2D eigenvalue weighted by atomic mass is 16.7. The predicted molar refractivity (Wildman–Crippen MR) is 147 cm³/mol. The van der Waals surface area contributed by atoms with Gasteiger partial charge in [-0.3, -0.25) is 9.59 Å². The number of aromatic nitrogens is 1. The van der Waals surface area contributed by atoms with Crippen LogP contribution in [0.4, 0.5) is 0 Å². The van der Waals surface area contributed by atoms with Gasteiger partial charge in [-0.25, -0.2) is 0 Å². The molecule has 7 rings (SSSR count). The molecule has 39 heavy (non-hydrogen) atoms. The van der Waals surface area contributed by atoms with Crippen LogP contribution in [-0.2, 0) is 11.3 Å². The average molecular weight is 516 g/mol. The van der Waals surface area contributed by atoms with Gasteiger partial charge in [0.2, 0.25) is 12.7 Å². The Bertz CT molecular complexity index is 1730. The lowest BCUT2D eigenvalue weighted by Crippen LogP contribution is -2.39. The van der Waals surface area contributed by atoms with E-state index in [1.54, 1.807) is 4.90 Å². The number of carbonyl (C=O) groups is 2. The van der Waals surface area contributed by atoms with Gasteiger partial charge in [-0.05, 0) is 41.0 Å². The van der Waals surface area contributed by atoms with E-state index in [1.165, 1.54) is 0 Å². The van der Waals surface area contributed by atoms with E-state index in [4.69, 9.17) is 9.47 Å². The van der Waals surface area contributed by atoms with Crippen LogP contribution in [0.15, 0.2) is 97.1 Å². The molecule has 1 aromatic heterocycles. The van der Waals surface area contributed by atoms with Crippen LogP contribution in [0.1, 0.15) is 33.1 Å². The van der Waals surface area contributed by atoms with E-state index in [0.29, 0.717) is 23.6 Å². The average Bonchev–Trinajstić information content (AvgIpc) is 3.67. The molecule has 0 saturated heterocycles. The van der Waals surface area contributed by atoms with Crippen LogP contribution < -0.4 is 14.8 Å². The van der Waals surface area contributed by atoms with E-state index in [0.717, 1.165) is 38.9 Å². The van der Waals surface area contributed by atoms with Crippen molar-refractivity contribution in [3.8, 4) is 22.8 Å². The summed E-state index contributed by atoms with van der Waals surface area (Å²) in [6.45, 7) is 0.441. The summed E-state index contributed by atoms with van der Waals surface area (Å²) in [7, 11) is 0. The fraction of sp³-hybridized carbons (Fsp3) is 0.125.